The molecular formula is C13H15F2NO3S2. The first-order chi connectivity index (χ1) is 9.77. The second kappa shape index (κ2) is 6.31. The Labute approximate surface area is 126 Å². The Kier molecular flexibility index (Phi) is 4.88. The minimum atomic E-state index is -3.05. The zero-order chi connectivity index (χ0) is 15.6. The van der Waals surface area contributed by atoms with Gasteiger partial charge in [0.1, 0.15) is 0 Å². The number of nitrogens with one attached hydrogen (secondary N) is 1. The number of carbonyl (C=O) groups excluding carboxylic acids is 1. The molecule has 0 spiro atoms. The standard InChI is InChI=1S/C13H15F2NO3S2/c1-8(20-10-2-3-11(14)12(15)6-10)13(17)16-9-4-5-21(18,19)7-9/h2-3,6,8-9H,4-5,7H2,1H3,(H,16,17). The molecule has 1 heterocycles. The van der Waals surface area contributed by atoms with Gasteiger partial charge in [-0.05, 0) is 31.5 Å². The van der Waals surface area contributed by atoms with Crippen molar-refractivity contribution in [2.45, 2.75) is 29.5 Å². The molecule has 4 nitrogen and oxygen atoms in total. The average Bonchev–Trinajstić information content (AvgIpc) is 2.73. The van der Waals surface area contributed by atoms with E-state index in [0.717, 1.165) is 23.9 Å². The number of thioether (sulfide) groups is 1. The van der Waals surface area contributed by atoms with E-state index in [2.05, 4.69) is 5.32 Å². The van der Waals surface area contributed by atoms with Crippen molar-refractivity contribution in [2.24, 2.45) is 0 Å². The maximum Gasteiger partial charge on any atom is 0.233 e. The van der Waals surface area contributed by atoms with Crippen LogP contribution in [-0.2, 0) is 14.6 Å². The molecule has 0 radical (unpaired) electrons. The minimum Gasteiger partial charge on any atom is -0.351 e. The Morgan fingerprint density at radius 2 is 2.10 bits per heavy atom. The molecule has 1 saturated heterocycles. The van der Waals surface area contributed by atoms with E-state index in [1.54, 1.807) is 6.92 Å². The lowest BCUT2D eigenvalue weighted by Gasteiger charge is -2.15. The van der Waals surface area contributed by atoms with Crippen molar-refractivity contribution < 1.29 is 22.0 Å². The molecule has 1 N–H and O–H groups in total. The van der Waals surface area contributed by atoms with Gasteiger partial charge in [-0.15, -0.1) is 11.8 Å². The number of amides is 1. The summed E-state index contributed by atoms with van der Waals surface area (Å²) in [6.45, 7) is 1.63. The number of hydrogen-bond donors (Lipinski definition) is 1. The lowest BCUT2D eigenvalue weighted by atomic mass is 10.2. The fourth-order valence-electron chi connectivity index (χ4n) is 2.04. The highest BCUT2D eigenvalue weighted by atomic mass is 32.2. The van der Waals surface area contributed by atoms with Crippen molar-refractivity contribution in [1.82, 2.24) is 5.32 Å². The third-order valence-corrected chi connectivity index (χ3v) is 6.01. The van der Waals surface area contributed by atoms with Crippen LogP contribution in [0.4, 0.5) is 8.78 Å². The van der Waals surface area contributed by atoms with E-state index in [1.807, 2.05) is 0 Å². The SMILES string of the molecule is CC(Sc1ccc(F)c(F)c1)C(=O)NC1CCS(=O)(=O)C1. The van der Waals surface area contributed by atoms with Crippen LogP contribution in [0, 0.1) is 11.6 Å². The fraction of sp³-hybridized carbons (Fsp3) is 0.462. The van der Waals surface area contributed by atoms with Crippen LogP contribution >= 0.6 is 11.8 Å². The summed E-state index contributed by atoms with van der Waals surface area (Å²) < 4.78 is 48.5. The average molecular weight is 335 g/mol. The maximum atomic E-state index is 13.1. The topological polar surface area (TPSA) is 63.2 Å². The van der Waals surface area contributed by atoms with Crippen molar-refractivity contribution in [1.29, 1.82) is 0 Å². The highest BCUT2D eigenvalue weighted by Crippen LogP contribution is 2.25. The summed E-state index contributed by atoms with van der Waals surface area (Å²) in [7, 11) is -3.05. The van der Waals surface area contributed by atoms with Crippen LogP contribution in [0.15, 0.2) is 23.1 Å². The van der Waals surface area contributed by atoms with Crippen LogP contribution in [0.3, 0.4) is 0 Å². The van der Waals surface area contributed by atoms with Gasteiger partial charge in [0.15, 0.2) is 21.5 Å². The summed E-state index contributed by atoms with van der Waals surface area (Å²) in [6, 6.07) is 3.07. The van der Waals surface area contributed by atoms with E-state index in [0.29, 0.717) is 11.3 Å². The number of benzene rings is 1. The largest absolute Gasteiger partial charge is 0.351 e. The number of rotatable bonds is 4. The molecule has 2 atom stereocenters. The van der Waals surface area contributed by atoms with Gasteiger partial charge in [0, 0.05) is 10.9 Å². The lowest BCUT2D eigenvalue weighted by molar-refractivity contribution is -0.120. The fourth-order valence-corrected chi connectivity index (χ4v) is 4.61. The zero-order valence-corrected chi connectivity index (χ0v) is 12.9. The van der Waals surface area contributed by atoms with Crippen LogP contribution < -0.4 is 5.32 Å². The van der Waals surface area contributed by atoms with E-state index in [-0.39, 0.29) is 23.5 Å². The molecule has 1 amide bonds. The zero-order valence-electron chi connectivity index (χ0n) is 11.3. The number of halogens is 2. The van der Waals surface area contributed by atoms with Crippen LogP contribution in [0.25, 0.3) is 0 Å². The summed E-state index contributed by atoms with van der Waals surface area (Å²) in [5.74, 6) is -2.17. The van der Waals surface area contributed by atoms with Gasteiger partial charge < -0.3 is 5.32 Å². The van der Waals surface area contributed by atoms with Crippen LogP contribution in [0.5, 0.6) is 0 Å². The molecule has 0 aromatic heterocycles. The van der Waals surface area contributed by atoms with Crippen molar-refractivity contribution in [3.05, 3.63) is 29.8 Å². The molecule has 1 fully saturated rings. The normalized spacial score (nSPS) is 22.0. The third-order valence-electron chi connectivity index (χ3n) is 3.15. The molecule has 2 rings (SSSR count). The van der Waals surface area contributed by atoms with Gasteiger partial charge in [0.25, 0.3) is 0 Å². The molecule has 1 aromatic carbocycles. The van der Waals surface area contributed by atoms with E-state index >= 15 is 0 Å². The molecule has 1 aliphatic rings. The summed E-state index contributed by atoms with van der Waals surface area (Å²) in [5.41, 5.74) is 0. The lowest BCUT2D eigenvalue weighted by Crippen LogP contribution is -2.39. The first kappa shape index (κ1) is 16.2. The maximum absolute atomic E-state index is 13.1. The summed E-state index contributed by atoms with van der Waals surface area (Å²) >= 11 is 1.09. The predicted molar refractivity (Wildman–Crippen MR) is 76.9 cm³/mol. The molecule has 0 saturated carbocycles. The Balaban J connectivity index is 1.92. The highest BCUT2D eigenvalue weighted by molar-refractivity contribution is 8.00. The smallest absolute Gasteiger partial charge is 0.233 e. The van der Waals surface area contributed by atoms with Crippen LogP contribution in [0.2, 0.25) is 0 Å². The first-order valence-corrected chi connectivity index (χ1v) is 9.09. The Morgan fingerprint density at radius 3 is 2.67 bits per heavy atom. The summed E-state index contributed by atoms with van der Waals surface area (Å²) in [4.78, 5) is 12.4. The summed E-state index contributed by atoms with van der Waals surface area (Å²) in [5, 5.41) is 2.14. The molecule has 2 unspecified atom stereocenters. The number of sulfone groups is 1. The van der Waals surface area contributed by atoms with E-state index in [4.69, 9.17) is 0 Å². The molecule has 1 aromatic rings. The van der Waals surface area contributed by atoms with E-state index in [1.165, 1.54) is 6.07 Å². The second-order valence-electron chi connectivity index (χ2n) is 4.94. The van der Waals surface area contributed by atoms with Gasteiger partial charge in [-0.25, -0.2) is 17.2 Å². The van der Waals surface area contributed by atoms with Crippen LogP contribution in [0.1, 0.15) is 13.3 Å². The molecule has 116 valence electrons. The van der Waals surface area contributed by atoms with Gasteiger partial charge >= 0.3 is 0 Å². The van der Waals surface area contributed by atoms with Gasteiger partial charge in [-0.2, -0.15) is 0 Å². The molecular weight excluding hydrogens is 320 g/mol. The quantitative estimate of drug-likeness (QED) is 0.852. The molecule has 21 heavy (non-hydrogen) atoms. The Bertz CT molecular complexity index is 649. The minimum absolute atomic E-state index is 0.0404. The highest BCUT2D eigenvalue weighted by Gasteiger charge is 2.30. The van der Waals surface area contributed by atoms with Gasteiger partial charge in [0.2, 0.25) is 5.91 Å². The third kappa shape index (κ3) is 4.41. The van der Waals surface area contributed by atoms with Gasteiger partial charge in [-0.1, -0.05) is 0 Å². The summed E-state index contributed by atoms with van der Waals surface area (Å²) in [6.07, 6.45) is 0.413. The molecule has 1 aliphatic heterocycles. The van der Waals surface area contributed by atoms with Crippen molar-refractivity contribution in [2.75, 3.05) is 11.5 Å². The van der Waals surface area contributed by atoms with E-state index < -0.39 is 26.7 Å². The van der Waals surface area contributed by atoms with Gasteiger partial charge in [0.05, 0.1) is 16.8 Å². The number of carbonyl (C=O) groups is 1. The Morgan fingerprint density at radius 1 is 1.38 bits per heavy atom. The predicted octanol–water partition coefficient (Wildman–Crippen LogP) is 1.75. The molecule has 0 bridgehead atoms. The monoisotopic (exact) mass is 335 g/mol. The van der Waals surface area contributed by atoms with Crippen molar-refractivity contribution in [3.63, 3.8) is 0 Å². The molecule has 0 aliphatic carbocycles. The molecule has 8 heteroatoms. The second-order valence-corrected chi connectivity index (χ2v) is 8.59. The van der Waals surface area contributed by atoms with Crippen molar-refractivity contribution >= 4 is 27.5 Å². The number of hydrogen-bond acceptors (Lipinski definition) is 4. The van der Waals surface area contributed by atoms with Crippen molar-refractivity contribution in [3.8, 4) is 0 Å². The Hall–Kier alpha value is -1.15. The van der Waals surface area contributed by atoms with Crippen LogP contribution in [-0.4, -0.2) is 37.1 Å². The first-order valence-electron chi connectivity index (χ1n) is 6.39. The van der Waals surface area contributed by atoms with E-state index in [9.17, 15) is 22.0 Å². The van der Waals surface area contributed by atoms with Gasteiger partial charge in [-0.3, -0.25) is 4.79 Å².